The highest BCUT2D eigenvalue weighted by molar-refractivity contribution is 6.37. The van der Waals surface area contributed by atoms with Gasteiger partial charge in [-0.3, -0.25) is 9.59 Å². The Morgan fingerprint density at radius 1 is 1.09 bits per heavy atom. The minimum atomic E-state index is -4.96. The Balaban J connectivity index is 2.49. The minimum Gasteiger partial charge on any atom is -0.481 e. The number of alkyl halides is 3. The van der Waals surface area contributed by atoms with Crippen molar-refractivity contribution in [1.29, 1.82) is 0 Å². The zero-order valence-electron chi connectivity index (χ0n) is 19.3. The lowest BCUT2D eigenvalue weighted by molar-refractivity contribution is -0.137. The molecule has 0 aliphatic carbocycles. The summed E-state index contributed by atoms with van der Waals surface area (Å²) in [6.45, 7) is 6.08. The van der Waals surface area contributed by atoms with Crippen molar-refractivity contribution in [1.82, 2.24) is 10.3 Å². The van der Waals surface area contributed by atoms with Gasteiger partial charge in [0.1, 0.15) is 11.6 Å². The van der Waals surface area contributed by atoms with Gasteiger partial charge >= 0.3 is 12.3 Å². The molecule has 0 saturated carbocycles. The highest BCUT2D eigenvalue weighted by Gasteiger charge is 2.37. The van der Waals surface area contributed by atoms with Crippen LogP contribution in [-0.2, 0) is 15.7 Å². The molecule has 8 nitrogen and oxygen atoms in total. The van der Waals surface area contributed by atoms with Gasteiger partial charge in [-0.1, -0.05) is 11.6 Å². The van der Waals surface area contributed by atoms with Crippen molar-refractivity contribution in [3.05, 3.63) is 51.9 Å². The molecule has 13 heteroatoms. The fourth-order valence-electron chi connectivity index (χ4n) is 2.73. The van der Waals surface area contributed by atoms with Crippen LogP contribution >= 0.6 is 11.6 Å². The lowest BCUT2D eigenvalue weighted by atomic mass is 10.0. The number of nitrogens with one attached hydrogen (secondary N) is 2. The number of carbonyl (C=O) groups excluding carboxylic acids is 3. The Labute approximate surface area is 202 Å². The van der Waals surface area contributed by atoms with Crippen molar-refractivity contribution in [2.45, 2.75) is 45.5 Å². The van der Waals surface area contributed by atoms with Crippen molar-refractivity contribution in [2.24, 2.45) is 0 Å². The van der Waals surface area contributed by atoms with E-state index in [0.717, 1.165) is 18.2 Å². The summed E-state index contributed by atoms with van der Waals surface area (Å²) in [4.78, 5) is 41.3. The third-order valence-electron chi connectivity index (χ3n) is 4.30. The van der Waals surface area contributed by atoms with Crippen LogP contribution < -0.4 is 15.4 Å². The predicted molar refractivity (Wildman–Crippen MR) is 118 cm³/mol. The van der Waals surface area contributed by atoms with Crippen LogP contribution in [0.3, 0.4) is 0 Å². The monoisotopic (exact) mass is 519 g/mol. The van der Waals surface area contributed by atoms with E-state index in [2.05, 4.69) is 15.6 Å². The van der Waals surface area contributed by atoms with Crippen molar-refractivity contribution >= 4 is 35.1 Å². The third kappa shape index (κ3) is 7.04. The van der Waals surface area contributed by atoms with Gasteiger partial charge in [0.15, 0.2) is 11.5 Å². The van der Waals surface area contributed by atoms with Gasteiger partial charge in [0, 0.05) is 6.07 Å². The first-order valence-electron chi connectivity index (χ1n) is 10.0. The highest BCUT2D eigenvalue weighted by atomic mass is 35.5. The molecule has 0 fully saturated rings. The zero-order chi connectivity index (χ0) is 26.7. The second-order valence-electron chi connectivity index (χ2n) is 8.22. The molecular weight excluding hydrogens is 498 g/mol. The molecule has 0 spiro atoms. The molecule has 0 aliphatic rings. The fraction of sp³-hybridized carbons (Fsp3) is 0.364. The summed E-state index contributed by atoms with van der Waals surface area (Å²) in [6, 6.07) is 2.05. The van der Waals surface area contributed by atoms with E-state index in [1.807, 2.05) is 0 Å². The standard InChI is InChI=1S/C22H22ClF4N3O5/c1-10(28-20(33)35-21(2,3)4)19(32)29-13-8-6-11(22(25,26)27)16(23)15(13)18(31)17-12(24)7-9-14(30-17)34-5/h6-10H,1-5H3,(H,28,33)(H,29,32)/t10-/m0/s1. The predicted octanol–water partition coefficient (Wildman–Crippen LogP) is 4.98. The van der Waals surface area contributed by atoms with Gasteiger partial charge < -0.3 is 20.1 Å². The van der Waals surface area contributed by atoms with E-state index in [9.17, 15) is 31.9 Å². The molecular formula is C22H22ClF4N3O5. The Morgan fingerprint density at radius 2 is 1.71 bits per heavy atom. The van der Waals surface area contributed by atoms with E-state index in [0.29, 0.717) is 6.07 Å². The number of benzene rings is 1. The zero-order valence-corrected chi connectivity index (χ0v) is 20.0. The minimum absolute atomic E-state index is 0.182. The maximum absolute atomic E-state index is 14.4. The lowest BCUT2D eigenvalue weighted by Crippen LogP contribution is -2.44. The first-order valence-corrected chi connectivity index (χ1v) is 10.4. The second kappa shape index (κ2) is 10.5. The third-order valence-corrected chi connectivity index (χ3v) is 4.70. The largest absolute Gasteiger partial charge is 0.481 e. The Bertz CT molecular complexity index is 1150. The van der Waals surface area contributed by atoms with Crippen molar-refractivity contribution in [3.63, 3.8) is 0 Å². The molecule has 2 N–H and O–H groups in total. The normalized spacial score (nSPS) is 12.5. The van der Waals surface area contributed by atoms with Crippen LogP contribution in [0.25, 0.3) is 0 Å². The SMILES string of the molecule is COc1ccc(F)c(C(=O)c2c(NC(=O)[C@H](C)NC(=O)OC(C)(C)C)ccc(C(F)(F)F)c2Cl)n1. The van der Waals surface area contributed by atoms with Crippen LogP contribution in [0.4, 0.5) is 28.0 Å². The molecule has 35 heavy (non-hydrogen) atoms. The first kappa shape index (κ1) is 27.8. The van der Waals surface area contributed by atoms with E-state index in [1.165, 1.54) is 14.0 Å². The number of ether oxygens (including phenoxy) is 2. The molecule has 0 saturated heterocycles. The van der Waals surface area contributed by atoms with Gasteiger partial charge in [0.2, 0.25) is 17.6 Å². The number of nitrogens with zero attached hydrogens (tertiary/aromatic N) is 1. The number of anilines is 1. The number of pyridine rings is 1. The van der Waals surface area contributed by atoms with E-state index >= 15 is 0 Å². The number of hydrogen-bond acceptors (Lipinski definition) is 6. The molecule has 0 unspecified atom stereocenters. The van der Waals surface area contributed by atoms with E-state index < -0.39 is 69.0 Å². The van der Waals surface area contributed by atoms with Gasteiger partial charge in [-0.05, 0) is 45.9 Å². The van der Waals surface area contributed by atoms with Crippen molar-refractivity contribution in [3.8, 4) is 5.88 Å². The Hall–Kier alpha value is -3.41. The smallest absolute Gasteiger partial charge is 0.417 e. The summed E-state index contributed by atoms with van der Waals surface area (Å²) in [7, 11) is 1.19. The molecule has 2 aromatic rings. The van der Waals surface area contributed by atoms with Crippen molar-refractivity contribution in [2.75, 3.05) is 12.4 Å². The number of rotatable bonds is 6. The number of methoxy groups -OCH3 is 1. The Kier molecular flexibility index (Phi) is 8.32. The number of hydrogen-bond donors (Lipinski definition) is 2. The number of alkyl carbamates (subject to hydrolysis) is 1. The summed E-state index contributed by atoms with van der Waals surface area (Å²) < 4.78 is 64.6. The number of ketones is 1. The molecule has 2 amide bonds. The van der Waals surface area contributed by atoms with Crippen LogP contribution in [0.2, 0.25) is 5.02 Å². The second-order valence-corrected chi connectivity index (χ2v) is 8.60. The van der Waals surface area contributed by atoms with Gasteiger partial charge in [0.05, 0.1) is 28.9 Å². The summed E-state index contributed by atoms with van der Waals surface area (Å²) in [5, 5.41) is 3.41. The van der Waals surface area contributed by atoms with Crippen LogP contribution in [0, 0.1) is 5.82 Å². The quantitative estimate of drug-likeness (QED) is 0.411. The topological polar surface area (TPSA) is 107 Å². The molecule has 1 aromatic carbocycles. The van der Waals surface area contributed by atoms with E-state index in [-0.39, 0.29) is 5.88 Å². The summed E-state index contributed by atoms with van der Waals surface area (Å²) in [6.07, 6.45) is -5.88. The van der Waals surface area contributed by atoms with Crippen LogP contribution in [0.15, 0.2) is 24.3 Å². The molecule has 190 valence electrons. The van der Waals surface area contributed by atoms with Crippen LogP contribution in [0.1, 0.15) is 49.3 Å². The van der Waals surface area contributed by atoms with E-state index in [1.54, 1.807) is 20.8 Å². The maximum Gasteiger partial charge on any atom is 0.417 e. The molecule has 1 aromatic heterocycles. The number of aromatic nitrogens is 1. The maximum atomic E-state index is 14.4. The molecule has 1 heterocycles. The summed E-state index contributed by atoms with van der Waals surface area (Å²) in [5.74, 6) is -3.58. The molecule has 1 atom stereocenters. The average molecular weight is 520 g/mol. The van der Waals surface area contributed by atoms with Crippen molar-refractivity contribution < 1.29 is 41.4 Å². The molecule has 0 bridgehead atoms. The molecule has 0 aliphatic heterocycles. The summed E-state index contributed by atoms with van der Waals surface area (Å²) >= 11 is 5.93. The van der Waals surface area contributed by atoms with E-state index in [4.69, 9.17) is 21.1 Å². The molecule has 2 rings (SSSR count). The summed E-state index contributed by atoms with van der Waals surface area (Å²) in [5.41, 5.74) is -4.42. The van der Waals surface area contributed by atoms with Gasteiger partial charge in [0.25, 0.3) is 0 Å². The van der Waals surface area contributed by atoms with Gasteiger partial charge in [-0.15, -0.1) is 0 Å². The molecule has 0 radical (unpaired) electrons. The van der Waals surface area contributed by atoms with Gasteiger partial charge in [-0.2, -0.15) is 13.2 Å². The number of carbonyl (C=O) groups is 3. The number of halogens is 5. The van der Waals surface area contributed by atoms with Crippen LogP contribution in [-0.4, -0.2) is 41.5 Å². The van der Waals surface area contributed by atoms with Crippen LogP contribution in [0.5, 0.6) is 5.88 Å². The highest BCUT2D eigenvalue weighted by Crippen LogP contribution is 2.40. The lowest BCUT2D eigenvalue weighted by Gasteiger charge is -2.22. The first-order chi connectivity index (χ1) is 16.0. The average Bonchev–Trinajstić information content (AvgIpc) is 2.71. The van der Waals surface area contributed by atoms with Gasteiger partial charge in [-0.25, -0.2) is 14.2 Å². The fourth-order valence-corrected chi connectivity index (χ4v) is 3.09. The Morgan fingerprint density at radius 3 is 2.26 bits per heavy atom. The number of amides is 2.